The lowest BCUT2D eigenvalue weighted by Gasteiger charge is -2.10. The van der Waals surface area contributed by atoms with E-state index in [1.807, 2.05) is 13.0 Å². The van der Waals surface area contributed by atoms with E-state index in [9.17, 15) is 4.79 Å². The average Bonchev–Trinajstić information content (AvgIpc) is 2.54. The molecule has 0 atom stereocenters. The molecule has 6 heteroatoms. The van der Waals surface area contributed by atoms with Crippen LogP contribution in [0, 0.1) is 0 Å². The van der Waals surface area contributed by atoms with Crippen LogP contribution in [0.1, 0.15) is 22.8 Å². The van der Waals surface area contributed by atoms with Crippen LogP contribution in [-0.2, 0) is 6.54 Å². The Labute approximate surface area is 123 Å². The van der Waals surface area contributed by atoms with Gasteiger partial charge in [-0.25, -0.2) is 4.98 Å². The summed E-state index contributed by atoms with van der Waals surface area (Å²) in [5.74, 6) is 0.377. The van der Waals surface area contributed by atoms with Crippen LogP contribution in [-0.4, -0.2) is 29.5 Å². The number of rotatable bonds is 6. The molecule has 0 aliphatic rings. The van der Waals surface area contributed by atoms with Crippen molar-refractivity contribution in [3.63, 3.8) is 0 Å². The quantitative estimate of drug-likeness (QED) is 0.847. The summed E-state index contributed by atoms with van der Waals surface area (Å²) >= 11 is 0. The predicted octanol–water partition coefficient (Wildman–Crippen LogP) is 1.85. The highest BCUT2D eigenvalue weighted by Crippen LogP contribution is 2.13. The summed E-state index contributed by atoms with van der Waals surface area (Å²) in [7, 11) is 1.56. The van der Waals surface area contributed by atoms with E-state index in [0.717, 1.165) is 17.8 Å². The minimum absolute atomic E-state index is 0.171. The van der Waals surface area contributed by atoms with E-state index in [0.29, 0.717) is 18.0 Å². The Kier molecular flexibility index (Phi) is 5.09. The molecule has 6 nitrogen and oxygen atoms in total. The molecule has 0 bridgehead atoms. The summed E-state index contributed by atoms with van der Waals surface area (Å²) in [5.41, 5.74) is 2.21. The van der Waals surface area contributed by atoms with E-state index in [2.05, 4.69) is 20.6 Å². The molecule has 1 amide bonds. The second-order valence-electron chi connectivity index (χ2n) is 4.34. The first kappa shape index (κ1) is 14.8. The van der Waals surface area contributed by atoms with Crippen molar-refractivity contribution in [3.05, 3.63) is 47.9 Å². The fourth-order valence-corrected chi connectivity index (χ4v) is 1.83. The molecule has 0 aromatic carbocycles. The standard InChI is InChI=1S/C15H18N4O2/c1-3-17-13-6-7-16-10-12(13)15(20)19-9-11-4-5-14(21-2)18-8-11/h4-8,10H,3,9H2,1-2H3,(H,16,17)(H,19,20). The van der Waals surface area contributed by atoms with Gasteiger partial charge in [0, 0.05) is 37.7 Å². The third kappa shape index (κ3) is 3.92. The summed E-state index contributed by atoms with van der Waals surface area (Å²) in [6.07, 6.45) is 4.88. The lowest BCUT2D eigenvalue weighted by molar-refractivity contribution is 0.0951. The van der Waals surface area contributed by atoms with Crippen molar-refractivity contribution in [2.45, 2.75) is 13.5 Å². The van der Waals surface area contributed by atoms with Crippen molar-refractivity contribution in [1.29, 1.82) is 0 Å². The first-order chi connectivity index (χ1) is 10.2. The highest BCUT2D eigenvalue weighted by Gasteiger charge is 2.10. The van der Waals surface area contributed by atoms with Crippen molar-refractivity contribution in [2.75, 3.05) is 19.0 Å². The van der Waals surface area contributed by atoms with E-state index in [1.54, 1.807) is 37.8 Å². The molecule has 0 saturated heterocycles. The van der Waals surface area contributed by atoms with Crippen molar-refractivity contribution in [3.8, 4) is 5.88 Å². The monoisotopic (exact) mass is 286 g/mol. The molecule has 2 rings (SSSR count). The van der Waals surface area contributed by atoms with Crippen molar-refractivity contribution in [1.82, 2.24) is 15.3 Å². The van der Waals surface area contributed by atoms with Crippen LogP contribution in [0.25, 0.3) is 0 Å². The van der Waals surface area contributed by atoms with Crippen LogP contribution in [0.2, 0.25) is 0 Å². The summed E-state index contributed by atoms with van der Waals surface area (Å²) < 4.78 is 4.99. The summed E-state index contributed by atoms with van der Waals surface area (Å²) in [6, 6.07) is 5.41. The maximum atomic E-state index is 12.2. The first-order valence-corrected chi connectivity index (χ1v) is 6.69. The van der Waals surface area contributed by atoms with Gasteiger partial charge in [0.05, 0.1) is 18.4 Å². The second-order valence-corrected chi connectivity index (χ2v) is 4.34. The molecule has 0 spiro atoms. The van der Waals surface area contributed by atoms with Gasteiger partial charge in [0.2, 0.25) is 5.88 Å². The number of carbonyl (C=O) groups excluding carboxylic acids is 1. The number of hydrogen-bond acceptors (Lipinski definition) is 5. The van der Waals surface area contributed by atoms with Crippen molar-refractivity contribution >= 4 is 11.6 Å². The minimum atomic E-state index is -0.171. The molecule has 0 saturated carbocycles. The Balaban J connectivity index is 2.01. The molecule has 2 N–H and O–H groups in total. The lowest BCUT2D eigenvalue weighted by atomic mass is 10.2. The van der Waals surface area contributed by atoms with Crippen LogP contribution >= 0.6 is 0 Å². The fraction of sp³-hybridized carbons (Fsp3) is 0.267. The van der Waals surface area contributed by atoms with Gasteiger partial charge in [0.25, 0.3) is 5.91 Å². The number of hydrogen-bond donors (Lipinski definition) is 2. The van der Waals surface area contributed by atoms with E-state index in [-0.39, 0.29) is 5.91 Å². The molecular formula is C15H18N4O2. The predicted molar refractivity (Wildman–Crippen MR) is 80.4 cm³/mol. The van der Waals surface area contributed by atoms with Crippen LogP contribution < -0.4 is 15.4 Å². The highest BCUT2D eigenvalue weighted by atomic mass is 16.5. The zero-order chi connectivity index (χ0) is 15.1. The van der Waals surface area contributed by atoms with Gasteiger partial charge in [0.1, 0.15) is 0 Å². The number of nitrogens with zero attached hydrogens (tertiary/aromatic N) is 2. The number of anilines is 1. The van der Waals surface area contributed by atoms with Crippen LogP contribution in [0.5, 0.6) is 5.88 Å². The van der Waals surface area contributed by atoms with Gasteiger partial charge in [0.15, 0.2) is 0 Å². The van der Waals surface area contributed by atoms with Gasteiger partial charge in [-0.15, -0.1) is 0 Å². The Morgan fingerprint density at radius 2 is 2.14 bits per heavy atom. The second kappa shape index (κ2) is 7.23. The van der Waals surface area contributed by atoms with E-state index in [4.69, 9.17) is 4.74 Å². The molecule has 2 heterocycles. The summed E-state index contributed by atoms with van der Waals surface area (Å²) in [4.78, 5) is 20.3. The third-order valence-corrected chi connectivity index (χ3v) is 2.89. The molecule has 0 aliphatic carbocycles. The van der Waals surface area contributed by atoms with E-state index in [1.165, 1.54) is 0 Å². The number of aromatic nitrogens is 2. The largest absolute Gasteiger partial charge is 0.481 e. The zero-order valence-electron chi connectivity index (χ0n) is 12.1. The molecule has 2 aromatic rings. The molecule has 110 valence electrons. The Bertz CT molecular complexity index is 599. The van der Waals surface area contributed by atoms with Crippen LogP contribution in [0.3, 0.4) is 0 Å². The van der Waals surface area contributed by atoms with Crippen molar-refractivity contribution in [2.24, 2.45) is 0 Å². The lowest BCUT2D eigenvalue weighted by Crippen LogP contribution is -2.24. The summed E-state index contributed by atoms with van der Waals surface area (Å²) in [6.45, 7) is 3.12. The van der Waals surface area contributed by atoms with Gasteiger partial charge in [-0.1, -0.05) is 6.07 Å². The highest BCUT2D eigenvalue weighted by molar-refractivity contribution is 5.99. The molecule has 0 aliphatic heterocycles. The Morgan fingerprint density at radius 3 is 2.81 bits per heavy atom. The minimum Gasteiger partial charge on any atom is -0.481 e. The van der Waals surface area contributed by atoms with Gasteiger partial charge < -0.3 is 15.4 Å². The van der Waals surface area contributed by atoms with Crippen molar-refractivity contribution < 1.29 is 9.53 Å². The molecule has 2 aromatic heterocycles. The maximum absolute atomic E-state index is 12.2. The van der Waals surface area contributed by atoms with E-state index >= 15 is 0 Å². The number of carbonyl (C=O) groups is 1. The Morgan fingerprint density at radius 1 is 1.29 bits per heavy atom. The normalized spacial score (nSPS) is 10.0. The van der Waals surface area contributed by atoms with Gasteiger partial charge >= 0.3 is 0 Å². The number of nitrogens with one attached hydrogen (secondary N) is 2. The van der Waals surface area contributed by atoms with Crippen LogP contribution in [0.4, 0.5) is 5.69 Å². The molecule has 0 radical (unpaired) electrons. The zero-order valence-corrected chi connectivity index (χ0v) is 12.1. The molecule has 0 fully saturated rings. The number of methoxy groups -OCH3 is 1. The van der Waals surface area contributed by atoms with E-state index < -0.39 is 0 Å². The molecule has 21 heavy (non-hydrogen) atoms. The molecular weight excluding hydrogens is 268 g/mol. The molecule has 0 unspecified atom stereocenters. The SMILES string of the molecule is CCNc1ccncc1C(=O)NCc1ccc(OC)nc1. The average molecular weight is 286 g/mol. The fourth-order valence-electron chi connectivity index (χ4n) is 1.83. The summed E-state index contributed by atoms with van der Waals surface area (Å²) in [5, 5.41) is 5.99. The Hall–Kier alpha value is -2.63. The van der Waals surface area contributed by atoms with Crippen LogP contribution in [0.15, 0.2) is 36.8 Å². The first-order valence-electron chi connectivity index (χ1n) is 6.69. The maximum Gasteiger partial charge on any atom is 0.255 e. The third-order valence-electron chi connectivity index (χ3n) is 2.89. The van der Waals surface area contributed by atoms with Gasteiger partial charge in [-0.05, 0) is 18.6 Å². The number of amides is 1. The topological polar surface area (TPSA) is 76.1 Å². The number of pyridine rings is 2. The van der Waals surface area contributed by atoms with Gasteiger partial charge in [-0.3, -0.25) is 9.78 Å². The smallest absolute Gasteiger partial charge is 0.255 e. The number of ether oxygens (including phenoxy) is 1. The van der Waals surface area contributed by atoms with Gasteiger partial charge in [-0.2, -0.15) is 0 Å².